The maximum absolute atomic E-state index is 12.7. The minimum atomic E-state index is -0.0626. The lowest BCUT2D eigenvalue weighted by atomic mass is 9.94. The highest BCUT2D eigenvalue weighted by atomic mass is 35.5. The van der Waals surface area contributed by atoms with Gasteiger partial charge in [-0.2, -0.15) is 5.10 Å². The second kappa shape index (κ2) is 7.60. The summed E-state index contributed by atoms with van der Waals surface area (Å²) in [7, 11) is 0. The monoisotopic (exact) mass is 364 g/mol. The fourth-order valence-electron chi connectivity index (χ4n) is 3.59. The van der Waals surface area contributed by atoms with Crippen LogP contribution in [0.25, 0.3) is 0 Å². The molecule has 0 aromatic carbocycles. The Labute approximate surface area is 153 Å². The van der Waals surface area contributed by atoms with E-state index in [9.17, 15) is 9.59 Å². The van der Waals surface area contributed by atoms with Gasteiger partial charge in [-0.1, -0.05) is 23.3 Å². The van der Waals surface area contributed by atoms with Crippen LogP contribution in [-0.4, -0.2) is 57.1 Å². The first-order valence-electron chi connectivity index (χ1n) is 8.83. The summed E-state index contributed by atoms with van der Waals surface area (Å²) < 4.78 is 1.68. The number of rotatable bonds is 5. The Kier molecular flexibility index (Phi) is 5.47. The van der Waals surface area contributed by atoms with Gasteiger partial charge in [0, 0.05) is 44.8 Å². The van der Waals surface area contributed by atoms with Gasteiger partial charge in [0.1, 0.15) is 0 Å². The predicted molar refractivity (Wildman–Crippen MR) is 96.1 cm³/mol. The quantitative estimate of drug-likeness (QED) is 0.753. The summed E-state index contributed by atoms with van der Waals surface area (Å²) in [6.45, 7) is 6.41. The zero-order chi connectivity index (χ0) is 18.0. The fraction of sp³-hybridized carbons (Fsp3) is 0.611. The van der Waals surface area contributed by atoms with E-state index in [0.717, 1.165) is 12.8 Å². The van der Waals surface area contributed by atoms with E-state index in [4.69, 9.17) is 11.6 Å². The first kappa shape index (κ1) is 18.0. The molecule has 2 atom stereocenters. The number of carbonyl (C=O) groups excluding carboxylic acids is 2. The summed E-state index contributed by atoms with van der Waals surface area (Å²) in [6.07, 6.45) is 7.61. The highest BCUT2D eigenvalue weighted by Crippen LogP contribution is 2.29. The lowest BCUT2D eigenvalue weighted by molar-refractivity contribution is -0.139. The van der Waals surface area contributed by atoms with Crippen molar-refractivity contribution in [1.82, 2.24) is 19.6 Å². The lowest BCUT2D eigenvalue weighted by Gasteiger charge is -2.35. The number of nitrogens with zero attached hydrogens (tertiary/aromatic N) is 4. The van der Waals surface area contributed by atoms with E-state index in [2.05, 4.69) is 11.2 Å². The standard InChI is InChI=1S/C18H25ClN4O2/c1-13(2)5-8-23-16-4-3-14(18(23)25)10-21(12-16)17(24)6-7-22-11-15(19)9-20-22/h5,9,11,14,16H,3-4,6-8,10,12H2,1-2H3/t14-,16+/m0/s1. The molecule has 3 saturated heterocycles. The molecule has 0 radical (unpaired) electrons. The van der Waals surface area contributed by atoms with Crippen molar-refractivity contribution in [2.75, 3.05) is 19.6 Å². The van der Waals surface area contributed by atoms with Crippen molar-refractivity contribution in [2.24, 2.45) is 5.92 Å². The van der Waals surface area contributed by atoms with Gasteiger partial charge in [-0.15, -0.1) is 0 Å². The Bertz CT molecular complexity index is 680. The Morgan fingerprint density at radius 1 is 1.36 bits per heavy atom. The van der Waals surface area contributed by atoms with Gasteiger partial charge < -0.3 is 9.80 Å². The molecule has 2 bridgehead atoms. The zero-order valence-corrected chi connectivity index (χ0v) is 15.6. The molecule has 1 aromatic heterocycles. The van der Waals surface area contributed by atoms with Gasteiger partial charge in [0.15, 0.2) is 0 Å². The molecule has 1 aromatic rings. The van der Waals surface area contributed by atoms with Crippen molar-refractivity contribution >= 4 is 23.4 Å². The molecule has 0 aliphatic carbocycles. The molecule has 3 aliphatic heterocycles. The average molecular weight is 365 g/mol. The Morgan fingerprint density at radius 2 is 2.16 bits per heavy atom. The third-order valence-electron chi connectivity index (χ3n) is 5.00. The zero-order valence-electron chi connectivity index (χ0n) is 14.8. The van der Waals surface area contributed by atoms with E-state index in [1.165, 1.54) is 5.57 Å². The highest BCUT2D eigenvalue weighted by Gasteiger charge is 2.41. The van der Waals surface area contributed by atoms with Gasteiger partial charge in [0.05, 0.1) is 17.1 Å². The molecular formula is C18H25ClN4O2. The first-order chi connectivity index (χ1) is 11.9. The van der Waals surface area contributed by atoms with Crippen molar-refractivity contribution < 1.29 is 9.59 Å². The number of allylic oxidation sites excluding steroid dienone is 1. The molecule has 136 valence electrons. The largest absolute Gasteiger partial charge is 0.340 e. The topological polar surface area (TPSA) is 58.4 Å². The molecule has 0 unspecified atom stereocenters. The summed E-state index contributed by atoms with van der Waals surface area (Å²) >= 11 is 5.85. The van der Waals surface area contributed by atoms with E-state index in [1.54, 1.807) is 17.1 Å². The normalized spacial score (nSPS) is 22.9. The molecule has 0 spiro atoms. The summed E-state index contributed by atoms with van der Waals surface area (Å²) in [5, 5.41) is 4.67. The number of carbonyl (C=O) groups is 2. The van der Waals surface area contributed by atoms with Gasteiger partial charge in [-0.25, -0.2) is 0 Å². The summed E-state index contributed by atoms with van der Waals surface area (Å²) in [5.74, 6) is 0.218. The van der Waals surface area contributed by atoms with Crippen molar-refractivity contribution in [3.8, 4) is 0 Å². The Morgan fingerprint density at radius 3 is 2.84 bits per heavy atom. The number of halogens is 1. The van der Waals surface area contributed by atoms with Crippen LogP contribution in [0, 0.1) is 5.92 Å². The molecule has 2 amide bonds. The number of aryl methyl sites for hydroxylation is 1. The van der Waals surface area contributed by atoms with Crippen molar-refractivity contribution in [3.63, 3.8) is 0 Å². The summed E-state index contributed by atoms with van der Waals surface area (Å²) in [4.78, 5) is 29.2. The van der Waals surface area contributed by atoms with Crippen LogP contribution in [0.3, 0.4) is 0 Å². The number of fused-ring (bicyclic) bond motifs is 4. The molecule has 4 heterocycles. The average Bonchev–Trinajstić information content (AvgIpc) is 2.80. The van der Waals surface area contributed by atoms with E-state index >= 15 is 0 Å². The van der Waals surface area contributed by atoms with Crippen molar-refractivity contribution in [1.29, 1.82) is 0 Å². The summed E-state index contributed by atoms with van der Waals surface area (Å²) in [5.41, 5.74) is 1.21. The van der Waals surface area contributed by atoms with Gasteiger partial charge >= 0.3 is 0 Å². The van der Waals surface area contributed by atoms with Gasteiger partial charge in [-0.05, 0) is 26.7 Å². The molecule has 0 N–H and O–H groups in total. The van der Waals surface area contributed by atoms with Crippen LogP contribution in [0.5, 0.6) is 0 Å². The van der Waals surface area contributed by atoms with Crippen molar-refractivity contribution in [2.45, 2.75) is 45.7 Å². The van der Waals surface area contributed by atoms with Crippen LogP contribution < -0.4 is 0 Å². The third kappa shape index (κ3) is 4.24. The molecule has 0 saturated carbocycles. The van der Waals surface area contributed by atoms with Gasteiger partial charge in [-0.3, -0.25) is 14.3 Å². The second-order valence-corrected chi connectivity index (χ2v) is 7.61. The molecule has 4 rings (SSSR count). The third-order valence-corrected chi connectivity index (χ3v) is 5.19. The van der Waals surface area contributed by atoms with Crippen LogP contribution in [0.4, 0.5) is 0 Å². The molecule has 7 heteroatoms. The highest BCUT2D eigenvalue weighted by molar-refractivity contribution is 6.30. The second-order valence-electron chi connectivity index (χ2n) is 7.17. The number of hydrogen-bond donors (Lipinski definition) is 0. The molecule has 25 heavy (non-hydrogen) atoms. The lowest BCUT2D eigenvalue weighted by Crippen LogP contribution is -2.48. The number of piperidine rings is 1. The Hall–Kier alpha value is -1.82. The SMILES string of the molecule is CC(C)=CCN1C(=O)[C@H]2CC[C@@H]1CN(C(=O)CCn1cc(Cl)cn1)C2. The van der Waals surface area contributed by atoms with Crippen LogP contribution in [0.2, 0.25) is 5.02 Å². The Balaban J connectivity index is 1.63. The molecular weight excluding hydrogens is 340 g/mol. The maximum atomic E-state index is 12.7. The van der Waals surface area contributed by atoms with E-state index in [0.29, 0.717) is 37.6 Å². The van der Waals surface area contributed by atoms with Gasteiger partial charge in [0.2, 0.25) is 11.8 Å². The number of aromatic nitrogens is 2. The predicted octanol–water partition coefficient (Wildman–Crippen LogP) is 2.34. The van der Waals surface area contributed by atoms with Crippen LogP contribution in [0.15, 0.2) is 24.0 Å². The summed E-state index contributed by atoms with van der Waals surface area (Å²) in [6, 6.07) is 0.130. The number of amides is 2. The van der Waals surface area contributed by atoms with Crippen LogP contribution >= 0.6 is 11.6 Å². The van der Waals surface area contributed by atoms with Crippen molar-refractivity contribution in [3.05, 3.63) is 29.1 Å². The van der Waals surface area contributed by atoms with E-state index in [1.807, 2.05) is 23.6 Å². The number of hydrogen-bond acceptors (Lipinski definition) is 3. The minimum absolute atomic E-state index is 0.0626. The smallest absolute Gasteiger partial charge is 0.228 e. The molecule has 3 fully saturated rings. The van der Waals surface area contributed by atoms with Crippen LogP contribution in [0.1, 0.15) is 33.1 Å². The first-order valence-corrected chi connectivity index (χ1v) is 9.21. The van der Waals surface area contributed by atoms with Crippen LogP contribution in [-0.2, 0) is 16.1 Å². The van der Waals surface area contributed by atoms with Gasteiger partial charge in [0.25, 0.3) is 0 Å². The molecule has 6 nitrogen and oxygen atoms in total. The fourth-order valence-corrected chi connectivity index (χ4v) is 3.75. The maximum Gasteiger partial charge on any atom is 0.228 e. The van der Waals surface area contributed by atoms with E-state index in [-0.39, 0.29) is 23.8 Å². The van der Waals surface area contributed by atoms with E-state index < -0.39 is 0 Å². The minimum Gasteiger partial charge on any atom is -0.340 e. The molecule has 3 aliphatic rings.